The maximum absolute atomic E-state index is 4.46. The Labute approximate surface area is 106 Å². The molecule has 0 aliphatic rings. The largest absolute Gasteiger partial charge is 0.326 e. The molecule has 0 unspecified atom stereocenters. The minimum absolute atomic E-state index is 0.835. The van der Waals surface area contributed by atoms with Crippen LogP contribution >= 0.6 is 0 Å². The lowest BCUT2D eigenvalue weighted by molar-refractivity contribution is 0.822. The molecule has 2 aromatic heterocycles. The maximum atomic E-state index is 4.46. The van der Waals surface area contributed by atoms with E-state index in [0.29, 0.717) is 0 Å². The number of fused-ring (bicyclic) bond motifs is 1. The zero-order valence-electron chi connectivity index (χ0n) is 10.6. The first kappa shape index (κ1) is 11.0. The van der Waals surface area contributed by atoms with E-state index in [1.807, 2.05) is 30.9 Å². The number of benzene rings is 1. The highest BCUT2D eigenvalue weighted by Crippen LogP contribution is 2.19. The summed E-state index contributed by atoms with van der Waals surface area (Å²) in [6, 6.07) is 8.42. The van der Waals surface area contributed by atoms with Gasteiger partial charge in [0.1, 0.15) is 0 Å². The molecule has 2 heterocycles. The number of imidazole rings is 1. The van der Waals surface area contributed by atoms with Gasteiger partial charge in [-0.15, -0.1) is 0 Å². The van der Waals surface area contributed by atoms with Crippen molar-refractivity contribution < 1.29 is 0 Å². The number of aromatic nitrogens is 3. The Morgan fingerprint density at radius 1 is 1.06 bits per heavy atom. The van der Waals surface area contributed by atoms with Gasteiger partial charge in [0.15, 0.2) is 0 Å². The molecule has 0 aliphatic heterocycles. The Hall–Kier alpha value is -2.16. The van der Waals surface area contributed by atoms with E-state index in [2.05, 4.69) is 40.5 Å². The first-order chi connectivity index (χ1) is 8.74. The zero-order chi connectivity index (χ0) is 12.5. The van der Waals surface area contributed by atoms with E-state index < -0.39 is 0 Å². The van der Waals surface area contributed by atoms with Crippen molar-refractivity contribution in [1.82, 2.24) is 14.5 Å². The maximum Gasteiger partial charge on any atom is 0.0961 e. The van der Waals surface area contributed by atoms with Crippen molar-refractivity contribution in [2.45, 2.75) is 20.4 Å². The Bertz CT molecular complexity index is 684. The Morgan fingerprint density at radius 3 is 2.56 bits per heavy atom. The summed E-state index contributed by atoms with van der Waals surface area (Å²) in [5.74, 6) is 0. The van der Waals surface area contributed by atoms with Crippen molar-refractivity contribution in [3.05, 3.63) is 59.7 Å². The molecule has 0 aliphatic carbocycles. The smallest absolute Gasteiger partial charge is 0.0961 e. The monoisotopic (exact) mass is 237 g/mol. The Balaban J connectivity index is 2.05. The van der Waals surface area contributed by atoms with Gasteiger partial charge in [-0.1, -0.05) is 0 Å². The van der Waals surface area contributed by atoms with Gasteiger partial charge in [-0.3, -0.25) is 4.98 Å². The van der Waals surface area contributed by atoms with Crippen LogP contribution in [0.1, 0.15) is 16.7 Å². The normalized spacial score (nSPS) is 11.0. The first-order valence-corrected chi connectivity index (χ1v) is 6.05. The molecule has 18 heavy (non-hydrogen) atoms. The standard InChI is InChI=1S/C15H15N3/c1-11-7-14-15(8-12(11)2)18(10-17-14)9-13-3-5-16-6-4-13/h3-8,10H,9H2,1-2H3. The fourth-order valence-electron chi connectivity index (χ4n) is 2.12. The summed E-state index contributed by atoms with van der Waals surface area (Å²) in [6.07, 6.45) is 5.55. The number of aryl methyl sites for hydroxylation is 2. The number of pyridine rings is 1. The number of hydrogen-bond acceptors (Lipinski definition) is 2. The van der Waals surface area contributed by atoms with E-state index in [9.17, 15) is 0 Å². The molecular weight excluding hydrogens is 222 g/mol. The first-order valence-electron chi connectivity index (χ1n) is 6.05. The van der Waals surface area contributed by atoms with Crippen LogP contribution in [0.4, 0.5) is 0 Å². The molecular formula is C15H15N3. The van der Waals surface area contributed by atoms with E-state index in [0.717, 1.165) is 12.1 Å². The molecule has 0 amide bonds. The van der Waals surface area contributed by atoms with Crippen molar-refractivity contribution in [2.24, 2.45) is 0 Å². The van der Waals surface area contributed by atoms with Crippen LogP contribution in [0.2, 0.25) is 0 Å². The van der Waals surface area contributed by atoms with Crippen LogP contribution in [0.5, 0.6) is 0 Å². The molecule has 0 N–H and O–H groups in total. The van der Waals surface area contributed by atoms with E-state index in [4.69, 9.17) is 0 Å². The van der Waals surface area contributed by atoms with Gasteiger partial charge in [-0.2, -0.15) is 0 Å². The second-order valence-corrected chi connectivity index (χ2v) is 4.65. The molecule has 3 aromatic rings. The fraction of sp³-hybridized carbons (Fsp3) is 0.200. The topological polar surface area (TPSA) is 30.7 Å². The van der Waals surface area contributed by atoms with Gasteiger partial charge >= 0.3 is 0 Å². The van der Waals surface area contributed by atoms with Crippen LogP contribution < -0.4 is 0 Å². The summed E-state index contributed by atoms with van der Waals surface area (Å²) in [4.78, 5) is 8.50. The highest BCUT2D eigenvalue weighted by molar-refractivity contribution is 5.77. The molecule has 3 nitrogen and oxygen atoms in total. The van der Waals surface area contributed by atoms with Crippen LogP contribution in [-0.2, 0) is 6.54 Å². The molecule has 1 aromatic carbocycles. The molecule has 3 rings (SSSR count). The molecule has 0 saturated carbocycles. The fourth-order valence-corrected chi connectivity index (χ4v) is 2.12. The molecule has 3 heteroatoms. The zero-order valence-corrected chi connectivity index (χ0v) is 10.6. The van der Waals surface area contributed by atoms with Gasteiger partial charge < -0.3 is 4.57 Å². The highest BCUT2D eigenvalue weighted by atomic mass is 15.0. The van der Waals surface area contributed by atoms with Gasteiger partial charge in [-0.05, 0) is 54.8 Å². The third-order valence-corrected chi connectivity index (χ3v) is 3.34. The van der Waals surface area contributed by atoms with E-state index >= 15 is 0 Å². The average Bonchev–Trinajstić information content (AvgIpc) is 2.74. The third kappa shape index (κ3) is 1.88. The predicted octanol–water partition coefficient (Wildman–Crippen LogP) is 3.10. The summed E-state index contributed by atoms with van der Waals surface area (Å²) in [5, 5.41) is 0. The summed E-state index contributed by atoms with van der Waals surface area (Å²) in [7, 11) is 0. The predicted molar refractivity (Wildman–Crippen MR) is 72.5 cm³/mol. The molecule has 0 fully saturated rings. The summed E-state index contributed by atoms with van der Waals surface area (Å²) >= 11 is 0. The van der Waals surface area contributed by atoms with E-state index in [1.165, 1.54) is 22.2 Å². The van der Waals surface area contributed by atoms with Gasteiger partial charge in [0, 0.05) is 18.9 Å². The summed E-state index contributed by atoms with van der Waals surface area (Å²) < 4.78 is 2.18. The van der Waals surface area contributed by atoms with Crippen LogP contribution in [0.15, 0.2) is 43.0 Å². The van der Waals surface area contributed by atoms with Gasteiger partial charge in [0.05, 0.1) is 17.4 Å². The summed E-state index contributed by atoms with van der Waals surface area (Å²) in [5.41, 5.74) is 6.08. The van der Waals surface area contributed by atoms with Gasteiger partial charge in [-0.25, -0.2) is 4.98 Å². The van der Waals surface area contributed by atoms with Crippen LogP contribution in [-0.4, -0.2) is 14.5 Å². The molecule has 90 valence electrons. The lowest BCUT2D eigenvalue weighted by Crippen LogP contribution is -1.98. The van der Waals surface area contributed by atoms with Crippen molar-refractivity contribution in [3.63, 3.8) is 0 Å². The Kier molecular flexibility index (Phi) is 2.59. The lowest BCUT2D eigenvalue weighted by atomic mass is 10.1. The minimum atomic E-state index is 0.835. The molecule has 0 spiro atoms. The second-order valence-electron chi connectivity index (χ2n) is 4.65. The molecule has 0 saturated heterocycles. The van der Waals surface area contributed by atoms with Crippen LogP contribution in [0.3, 0.4) is 0 Å². The molecule has 0 atom stereocenters. The third-order valence-electron chi connectivity index (χ3n) is 3.34. The van der Waals surface area contributed by atoms with Crippen LogP contribution in [0.25, 0.3) is 11.0 Å². The van der Waals surface area contributed by atoms with Gasteiger partial charge in [0.25, 0.3) is 0 Å². The van der Waals surface area contributed by atoms with E-state index in [1.54, 1.807) is 0 Å². The summed E-state index contributed by atoms with van der Waals surface area (Å²) in [6.45, 7) is 5.09. The minimum Gasteiger partial charge on any atom is -0.326 e. The lowest BCUT2D eigenvalue weighted by Gasteiger charge is -2.06. The van der Waals surface area contributed by atoms with E-state index in [-0.39, 0.29) is 0 Å². The van der Waals surface area contributed by atoms with Gasteiger partial charge in [0.2, 0.25) is 0 Å². The molecule has 0 bridgehead atoms. The highest BCUT2D eigenvalue weighted by Gasteiger charge is 2.05. The quantitative estimate of drug-likeness (QED) is 0.685. The van der Waals surface area contributed by atoms with Crippen LogP contribution in [0, 0.1) is 13.8 Å². The number of rotatable bonds is 2. The Morgan fingerprint density at radius 2 is 1.78 bits per heavy atom. The number of nitrogens with zero attached hydrogens (tertiary/aromatic N) is 3. The average molecular weight is 237 g/mol. The van der Waals surface area contributed by atoms with Crippen molar-refractivity contribution in [1.29, 1.82) is 0 Å². The van der Waals surface area contributed by atoms with Crippen molar-refractivity contribution in [3.8, 4) is 0 Å². The van der Waals surface area contributed by atoms with Crippen molar-refractivity contribution in [2.75, 3.05) is 0 Å². The number of hydrogen-bond donors (Lipinski definition) is 0. The molecule has 0 radical (unpaired) electrons. The van der Waals surface area contributed by atoms with Crippen molar-refractivity contribution >= 4 is 11.0 Å². The second kappa shape index (κ2) is 4.26. The SMILES string of the molecule is Cc1cc2ncn(Cc3ccncc3)c2cc1C.